The Morgan fingerprint density at radius 1 is 1.23 bits per heavy atom. The van der Waals surface area contributed by atoms with Gasteiger partial charge in [0.1, 0.15) is 11.6 Å². The van der Waals surface area contributed by atoms with Crippen LogP contribution in [0.4, 0.5) is 4.79 Å². The number of aliphatic carboxylic acids is 1. The summed E-state index contributed by atoms with van der Waals surface area (Å²) in [6.45, 7) is 7.95. The van der Waals surface area contributed by atoms with E-state index in [-0.39, 0.29) is 23.6 Å². The molecule has 1 heterocycles. The summed E-state index contributed by atoms with van der Waals surface area (Å²) < 4.78 is 5.77. The smallest absolute Gasteiger partial charge is 0.410 e. The van der Waals surface area contributed by atoms with Gasteiger partial charge in [-0.2, -0.15) is 0 Å². The number of carboxylic acids is 1. The summed E-state index contributed by atoms with van der Waals surface area (Å²) in [5.41, 5.74) is 0.733. The Labute approximate surface area is 179 Å². The highest BCUT2D eigenvalue weighted by atomic mass is 16.6. The van der Waals surface area contributed by atoms with Gasteiger partial charge in [0.05, 0.1) is 0 Å². The first kappa shape index (κ1) is 21.2. The number of nitrogens with zero attached hydrogens (tertiary/aromatic N) is 2. The van der Waals surface area contributed by atoms with E-state index in [0.29, 0.717) is 12.5 Å². The lowest BCUT2D eigenvalue weighted by Crippen LogP contribution is -2.46. The van der Waals surface area contributed by atoms with Gasteiger partial charge in [-0.25, -0.2) is 4.79 Å². The molecule has 164 valence electrons. The molecule has 2 saturated carbocycles. The van der Waals surface area contributed by atoms with Crippen LogP contribution in [-0.4, -0.2) is 64.3 Å². The van der Waals surface area contributed by atoms with E-state index in [2.05, 4.69) is 17.0 Å². The maximum atomic E-state index is 13.1. The SMILES string of the molecule is CC(C)(C)OC(=O)N(CC1(CN2CCC[C@H]2C(=O)O)CC1)[C@@H]1C[C@H]1c1ccccc1. The molecule has 1 N–H and O–H groups in total. The predicted molar refractivity (Wildman–Crippen MR) is 114 cm³/mol. The first-order valence-electron chi connectivity index (χ1n) is 11.2. The Balaban J connectivity index is 1.47. The number of hydrogen-bond donors (Lipinski definition) is 1. The number of amides is 1. The van der Waals surface area contributed by atoms with Crippen molar-refractivity contribution >= 4 is 12.1 Å². The lowest BCUT2D eigenvalue weighted by molar-refractivity contribution is -0.142. The number of likely N-dealkylation sites (tertiary alicyclic amines) is 1. The third-order valence-corrected chi connectivity index (χ3v) is 6.66. The molecular weight excluding hydrogens is 380 g/mol. The Morgan fingerprint density at radius 3 is 2.53 bits per heavy atom. The van der Waals surface area contributed by atoms with Gasteiger partial charge in [-0.1, -0.05) is 30.3 Å². The van der Waals surface area contributed by atoms with Crippen LogP contribution in [-0.2, 0) is 9.53 Å². The number of carbonyl (C=O) groups excluding carboxylic acids is 1. The number of rotatable bonds is 7. The molecule has 6 heteroatoms. The Bertz CT molecular complexity index is 784. The van der Waals surface area contributed by atoms with Crippen molar-refractivity contribution in [2.24, 2.45) is 5.41 Å². The van der Waals surface area contributed by atoms with Gasteiger partial charge in [-0.05, 0) is 65.0 Å². The molecule has 1 aromatic carbocycles. The quantitative estimate of drug-likeness (QED) is 0.727. The summed E-state index contributed by atoms with van der Waals surface area (Å²) in [5, 5.41) is 9.53. The molecule has 0 unspecified atom stereocenters. The van der Waals surface area contributed by atoms with Crippen LogP contribution in [0.2, 0.25) is 0 Å². The van der Waals surface area contributed by atoms with Crippen molar-refractivity contribution in [3.63, 3.8) is 0 Å². The molecule has 1 amide bonds. The van der Waals surface area contributed by atoms with Crippen molar-refractivity contribution in [2.45, 2.75) is 76.5 Å². The van der Waals surface area contributed by atoms with E-state index >= 15 is 0 Å². The minimum Gasteiger partial charge on any atom is -0.480 e. The van der Waals surface area contributed by atoms with E-state index in [1.807, 2.05) is 43.9 Å². The highest BCUT2D eigenvalue weighted by Gasteiger charge is 2.53. The number of carboxylic acid groups (broad SMARTS) is 1. The molecule has 0 radical (unpaired) electrons. The molecule has 1 aliphatic heterocycles. The maximum Gasteiger partial charge on any atom is 0.410 e. The average molecular weight is 415 g/mol. The molecule has 30 heavy (non-hydrogen) atoms. The van der Waals surface area contributed by atoms with Crippen molar-refractivity contribution < 1.29 is 19.4 Å². The van der Waals surface area contributed by atoms with Crippen molar-refractivity contribution in [3.05, 3.63) is 35.9 Å². The third kappa shape index (κ3) is 4.80. The van der Waals surface area contributed by atoms with Crippen molar-refractivity contribution in [1.82, 2.24) is 9.80 Å². The largest absolute Gasteiger partial charge is 0.480 e. The fourth-order valence-electron chi connectivity index (χ4n) is 4.85. The first-order valence-corrected chi connectivity index (χ1v) is 11.2. The van der Waals surface area contributed by atoms with Crippen LogP contribution in [0.3, 0.4) is 0 Å². The maximum absolute atomic E-state index is 13.1. The van der Waals surface area contributed by atoms with Crippen LogP contribution < -0.4 is 0 Å². The second kappa shape index (κ2) is 7.88. The fraction of sp³-hybridized carbons (Fsp3) is 0.667. The molecule has 1 saturated heterocycles. The Kier molecular flexibility index (Phi) is 5.56. The normalized spacial score (nSPS) is 27.5. The van der Waals surface area contributed by atoms with Gasteiger partial charge in [-0.3, -0.25) is 9.69 Å². The van der Waals surface area contributed by atoms with Crippen LogP contribution in [0.1, 0.15) is 64.4 Å². The third-order valence-electron chi connectivity index (χ3n) is 6.66. The van der Waals surface area contributed by atoms with Gasteiger partial charge in [-0.15, -0.1) is 0 Å². The lowest BCUT2D eigenvalue weighted by atomic mass is 10.0. The number of benzene rings is 1. The predicted octanol–water partition coefficient (Wildman–Crippen LogP) is 4.11. The Hall–Kier alpha value is -2.08. The number of carbonyl (C=O) groups is 2. The fourth-order valence-corrected chi connectivity index (χ4v) is 4.85. The van der Waals surface area contributed by atoms with Gasteiger partial charge in [0.15, 0.2) is 0 Å². The number of ether oxygens (including phenoxy) is 1. The molecule has 3 fully saturated rings. The van der Waals surface area contributed by atoms with Gasteiger partial charge >= 0.3 is 12.1 Å². The minimum atomic E-state index is -0.723. The molecule has 0 spiro atoms. The zero-order valence-electron chi connectivity index (χ0n) is 18.3. The summed E-state index contributed by atoms with van der Waals surface area (Å²) in [6, 6.07) is 10.2. The number of hydrogen-bond acceptors (Lipinski definition) is 4. The Morgan fingerprint density at radius 2 is 1.93 bits per heavy atom. The average Bonchev–Trinajstić information content (AvgIpc) is 3.56. The van der Waals surface area contributed by atoms with Crippen molar-refractivity contribution in [1.29, 1.82) is 0 Å². The van der Waals surface area contributed by atoms with Gasteiger partial charge < -0.3 is 14.7 Å². The van der Waals surface area contributed by atoms with E-state index in [9.17, 15) is 14.7 Å². The molecule has 4 rings (SSSR count). The molecule has 2 aliphatic carbocycles. The summed E-state index contributed by atoms with van der Waals surface area (Å²) >= 11 is 0. The van der Waals surface area contributed by atoms with E-state index in [1.165, 1.54) is 5.56 Å². The monoisotopic (exact) mass is 414 g/mol. The topological polar surface area (TPSA) is 70.1 Å². The van der Waals surface area contributed by atoms with Gasteiger partial charge in [0.2, 0.25) is 0 Å². The minimum absolute atomic E-state index is 0.00122. The molecule has 3 atom stereocenters. The van der Waals surface area contributed by atoms with Crippen LogP contribution in [0.25, 0.3) is 0 Å². The zero-order chi connectivity index (χ0) is 21.5. The van der Waals surface area contributed by atoms with Crippen LogP contribution in [0.15, 0.2) is 30.3 Å². The highest BCUT2D eigenvalue weighted by molar-refractivity contribution is 5.73. The highest BCUT2D eigenvalue weighted by Crippen LogP contribution is 2.52. The molecule has 0 bridgehead atoms. The van der Waals surface area contributed by atoms with Gasteiger partial charge in [0, 0.05) is 30.5 Å². The van der Waals surface area contributed by atoms with Gasteiger partial charge in [0.25, 0.3) is 0 Å². The molecule has 0 aromatic heterocycles. The summed E-state index contributed by atoms with van der Waals surface area (Å²) in [6.07, 6.45) is 4.45. The second-order valence-corrected chi connectivity index (χ2v) is 10.4. The van der Waals surface area contributed by atoms with E-state index in [1.54, 1.807) is 0 Å². The molecular formula is C24H34N2O4. The van der Waals surface area contributed by atoms with Crippen LogP contribution >= 0.6 is 0 Å². The molecule has 1 aromatic rings. The van der Waals surface area contributed by atoms with Crippen molar-refractivity contribution in [2.75, 3.05) is 19.6 Å². The summed E-state index contributed by atoms with van der Waals surface area (Å²) in [7, 11) is 0. The zero-order valence-corrected chi connectivity index (χ0v) is 18.3. The van der Waals surface area contributed by atoms with Crippen LogP contribution in [0, 0.1) is 5.41 Å². The standard InChI is InChI=1S/C24H34N2O4/c1-23(2,3)30-22(29)26(20-14-18(20)17-8-5-4-6-9-17)16-24(11-12-24)15-25-13-7-10-19(25)21(27)28/h4-6,8-9,18-20H,7,10-16H2,1-3H3,(H,27,28)/t18-,19-,20+/m0/s1. The van der Waals surface area contributed by atoms with E-state index in [0.717, 1.165) is 45.2 Å². The van der Waals surface area contributed by atoms with E-state index in [4.69, 9.17) is 4.74 Å². The summed E-state index contributed by atoms with van der Waals surface area (Å²) in [5.74, 6) is -0.369. The molecule has 3 aliphatic rings. The summed E-state index contributed by atoms with van der Waals surface area (Å²) in [4.78, 5) is 28.8. The lowest BCUT2D eigenvalue weighted by Gasteiger charge is -2.33. The van der Waals surface area contributed by atoms with Crippen molar-refractivity contribution in [3.8, 4) is 0 Å². The second-order valence-electron chi connectivity index (χ2n) is 10.4. The van der Waals surface area contributed by atoms with Crippen LogP contribution in [0.5, 0.6) is 0 Å². The van der Waals surface area contributed by atoms with E-state index < -0.39 is 11.6 Å². The molecule has 6 nitrogen and oxygen atoms in total. The first-order chi connectivity index (χ1) is 14.2.